The van der Waals surface area contributed by atoms with E-state index >= 15 is 0 Å². The van der Waals surface area contributed by atoms with Gasteiger partial charge in [-0.1, -0.05) is 0 Å². The molecule has 0 aliphatic carbocycles. The van der Waals surface area contributed by atoms with E-state index in [1.807, 2.05) is 29.1 Å². The van der Waals surface area contributed by atoms with Crippen molar-refractivity contribution >= 4 is 22.7 Å². The third-order valence-corrected chi connectivity index (χ3v) is 4.30. The van der Waals surface area contributed by atoms with Crippen LogP contribution < -0.4 is 5.32 Å². The molecule has 0 fully saturated rings. The molecule has 2 aromatic heterocycles. The van der Waals surface area contributed by atoms with Crippen LogP contribution in [0.4, 0.5) is 15.8 Å². The summed E-state index contributed by atoms with van der Waals surface area (Å²) in [6.07, 6.45) is 3.60. The van der Waals surface area contributed by atoms with Crippen molar-refractivity contribution in [1.82, 2.24) is 9.55 Å². The Morgan fingerprint density at radius 2 is 2.26 bits per heavy atom. The normalized spacial score (nSPS) is 10.7. The van der Waals surface area contributed by atoms with Gasteiger partial charge < -0.3 is 5.32 Å². The monoisotopic (exact) mass is 332 g/mol. The lowest BCUT2D eigenvalue weighted by Crippen LogP contribution is -2.03. The van der Waals surface area contributed by atoms with Crippen molar-refractivity contribution in [3.05, 3.63) is 69.4 Å². The molecule has 2 heterocycles. The molecule has 0 spiro atoms. The summed E-state index contributed by atoms with van der Waals surface area (Å²) in [6, 6.07) is 5.52. The summed E-state index contributed by atoms with van der Waals surface area (Å²) in [7, 11) is 0. The van der Waals surface area contributed by atoms with E-state index in [1.165, 1.54) is 23.5 Å². The molecule has 0 bridgehead atoms. The van der Waals surface area contributed by atoms with Gasteiger partial charge in [-0.15, -0.1) is 11.3 Å². The number of anilines is 1. The van der Waals surface area contributed by atoms with Crippen LogP contribution in [0.25, 0.3) is 5.00 Å². The van der Waals surface area contributed by atoms with Gasteiger partial charge in [0.15, 0.2) is 0 Å². The van der Waals surface area contributed by atoms with E-state index in [2.05, 4.69) is 10.3 Å². The third-order valence-electron chi connectivity index (χ3n) is 3.38. The fourth-order valence-electron chi connectivity index (χ4n) is 2.21. The molecule has 0 aliphatic heterocycles. The SMILES string of the molecule is Cc1nccn1-c1cc(NCc2ccc(F)cc2[N+](=O)[O-])cs1. The topological polar surface area (TPSA) is 73.0 Å². The minimum Gasteiger partial charge on any atom is -0.380 e. The minimum absolute atomic E-state index is 0.224. The lowest BCUT2D eigenvalue weighted by atomic mass is 10.1. The van der Waals surface area contributed by atoms with Crippen molar-refractivity contribution in [3.8, 4) is 5.00 Å². The Balaban J connectivity index is 1.76. The minimum atomic E-state index is -0.617. The second-order valence-corrected chi connectivity index (χ2v) is 5.79. The van der Waals surface area contributed by atoms with Crippen LogP contribution in [0.3, 0.4) is 0 Å². The molecule has 0 saturated carbocycles. The average Bonchev–Trinajstić information content (AvgIpc) is 3.14. The molecular formula is C15H13FN4O2S. The first-order valence-corrected chi connectivity index (χ1v) is 7.68. The van der Waals surface area contributed by atoms with Crippen LogP contribution in [0.2, 0.25) is 0 Å². The summed E-state index contributed by atoms with van der Waals surface area (Å²) in [4.78, 5) is 14.6. The van der Waals surface area contributed by atoms with Crippen molar-refractivity contribution in [2.75, 3.05) is 5.32 Å². The van der Waals surface area contributed by atoms with E-state index in [0.29, 0.717) is 5.56 Å². The summed E-state index contributed by atoms with van der Waals surface area (Å²) < 4.78 is 15.1. The van der Waals surface area contributed by atoms with Gasteiger partial charge in [-0.25, -0.2) is 9.37 Å². The summed E-state index contributed by atoms with van der Waals surface area (Å²) in [5, 5.41) is 17.0. The number of aryl methyl sites for hydroxylation is 1. The number of hydrogen-bond acceptors (Lipinski definition) is 5. The van der Waals surface area contributed by atoms with E-state index in [1.54, 1.807) is 6.20 Å². The summed E-state index contributed by atoms with van der Waals surface area (Å²) in [5.41, 5.74) is 1.05. The second-order valence-electron chi connectivity index (χ2n) is 4.90. The Labute approximate surface area is 135 Å². The predicted octanol–water partition coefficient (Wildman–Crippen LogP) is 3.90. The van der Waals surface area contributed by atoms with Crippen LogP contribution in [0.1, 0.15) is 11.4 Å². The maximum atomic E-state index is 13.1. The molecule has 1 aromatic carbocycles. The van der Waals surface area contributed by atoms with Gasteiger partial charge in [0.05, 0.1) is 11.0 Å². The van der Waals surface area contributed by atoms with E-state index in [4.69, 9.17) is 0 Å². The number of hydrogen-bond donors (Lipinski definition) is 1. The van der Waals surface area contributed by atoms with E-state index < -0.39 is 10.7 Å². The Hall–Kier alpha value is -2.74. The van der Waals surface area contributed by atoms with Gasteiger partial charge in [-0.3, -0.25) is 14.7 Å². The Kier molecular flexibility index (Phi) is 4.07. The van der Waals surface area contributed by atoms with Gasteiger partial charge in [-0.2, -0.15) is 0 Å². The Bertz CT molecular complexity index is 859. The number of imidazole rings is 1. The molecule has 118 valence electrons. The fraction of sp³-hybridized carbons (Fsp3) is 0.133. The molecule has 0 saturated heterocycles. The highest BCUT2D eigenvalue weighted by molar-refractivity contribution is 7.13. The largest absolute Gasteiger partial charge is 0.380 e. The number of thiophene rings is 1. The number of nitro benzene ring substituents is 1. The maximum absolute atomic E-state index is 13.1. The number of aromatic nitrogens is 2. The van der Waals surface area contributed by atoms with Crippen LogP contribution in [0.5, 0.6) is 0 Å². The van der Waals surface area contributed by atoms with Gasteiger partial charge in [0.25, 0.3) is 5.69 Å². The van der Waals surface area contributed by atoms with Crippen molar-refractivity contribution in [2.24, 2.45) is 0 Å². The number of benzene rings is 1. The molecule has 23 heavy (non-hydrogen) atoms. The molecule has 3 aromatic rings. The molecule has 0 radical (unpaired) electrons. The Morgan fingerprint density at radius 3 is 2.96 bits per heavy atom. The number of nitro groups is 1. The van der Waals surface area contributed by atoms with Crippen molar-refractivity contribution in [1.29, 1.82) is 0 Å². The zero-order valence-electron chi connectivity index (χ0n) is 12.2. The number of nitrogens with one attached hydrogen (secondary N) is 1. The Morgan fingerprint density at radius 1 is 1.43 bits per heavy atom. The lowest BCUT2D eigenvalue weighted by molar-refractivity contribution is -0.385. The summed E-state index contributed by atoms with van der Waals surface area (Å²) in [5.74, 6) is 0.265. The first-order chi connectivity index (χ1) is 11.0. The van der Waals surface area contributed by atoms with Gasteiger partial charge >= 0.3 is 0 Å². The maximum Gasteiger partial charge on any atom is 0.277 e. The molecular weight excluding hydrogens is 319 g/mol. The van der Waals surface area contributed by atoms with E-state index in [9.17, 15) is 14.5 Å². The van der Waals surface area contributed by atoms with Crippen LogP contribution in [0.15, 0.2) is 42.0 Å². The summed E-state index contributed by atoms with van der Waals surface area (Å²) in [6.45, 7) is 2.16. The molecule has 0 atom stereocenters. The number of rotatable bonds is 5. The van der Waals surface area contributed by atoms with Gasteiger partial charge in [0.2, 0.25) is 0 Å². The van der Waals surface area contributed by atoms with Crippen molar-refractivity contribution in [2.45, 2.75) is 13.5 Å². The second kappa shape index (κ2) is 6.17. The highest BCUT2D eigenvalue weighted by atomic mass is 32.1. The number of nitrogens with zero attached hydrogens (tertiary/aromatic N) is 3. The van der Waals surface area contributed by atoms with Gasteiger partial charge in [-0.05, 0) is 25.1 Å². The van der Waals surface area contributed by atoms with Crippen LogP contribution in [0, 0.1) is 22.9 Å². The smallest absolute Gasteiger partial charge is 0.277 e. The fourth-order valence-corrected chi connectivity index (χ4v) is 3.11. The first kappa shape index (κ1) is 15.2. The lowest BCUT2D eigenvalue weighted by Gasteiger charge is -2.05. The molecule has 0 aliphatic rings. The predicted molar refractivity (Wildman–Crippen MR) is 86.6 cm³/mol. The van der Waals surface area contributed by atoms with Crippen LogP contribution >= 0.6 is 11.3 Å². The number of halogens is 1. The highest BCUT2D eigenvalue weighted by Gasteiger charge is 2.14. The van der Waals surface area contributed by atoms with Crippen LogP contribution in [-0.2, 0) is 6.54 Å². The molecule has 3 rings (SSSR count). The van der Waals surface area contributed by atoms with E-state index in [-0.39, 0.29) is 12.2 Å². The molecule has 1 N–H and O–H groups in total. The molecule has 0 amide bonds. The zero-order chi connectivity index (χ0) is 16.4. The summed E-state index contributed by atoms with van der Waals surface area (Å²) >= 11 is 1.54. The van der Waals surface area contributed by atoms with Crippen molar-refractivity contribution < 1.29 is 9.31 Å². The molecule has 0 unspecified atom stereocenters. The van der Waals surface area contributed by atoms with Crippen LogP contribution in [-0.4, -0.2) is 14.5 Å². The van der Waals surface area contributed by atoms with E-state index in [0.717, 1.165) is 22.6 Å². The molecule has 6 nitrogen and oxygen atoms in total. The first-order valence-electron chi connectivity index (χ1n) is 6.80. The molecule has 8 heteroatoms. The third kappa shape index (κ3) is 3.21. The quantitative estimate of drug-likeness (QED) is 0.568. The van der Waals surface area contributed by atoms with Gasteiger partial charge in [0.1, 0.15) is 16.6 Å². The zero-order valence-corrected chi connectivity index (χ0v) is 13.0. The standard InChI is InChI=1S/C15H13FN4O2S/c1-10-17-4-5-19(10)15-7-13(9-23-15)18-8-11-2-3-12(16)6-14(11)20(21)22/h2-7,9,18H,8H2,1H3. The van der Waals surface area contributed by atoms with Gasteiger partial charge in [0, 0.05) is 35.6 Å². The highest BCUT2D eigenvalue weighted by Crippen LogP contribution is 2.26. The van der Waals surface area contributed by atoms with Crippen molar-refractivity contribution in [3.63, 3.8) is 0 Å². The average molecular weight is 332 g/mol.